The van der Waals surface area contributed by atoms with Crippen LogP contribution in [-0.2, 0) is 48.6 Å². The number of thioether (sulfide) groups is 1. The van der Waals surface area contributed by atoms with Crippen molar-refractivity contribution in [2.45, 2.75) is 144 Å². The number of anilines is 2. The third-order valence-corrected chi connectivity index (χ3v) is 26.5. The van der Waals surface area contributed by atoms with Crippen LogP contribution in [0, 0.1) is 17.8 Å². The smallest absolute Gasteiger partial charge is 0.380 e. The molecule has 109 heavy (non-hydrogen) atoms. The molecule has 0 bridgehead atoms. The molecule has 1 aromatic heterocycles. The Kier molecular flexibility index (Phi) is 26.8. The molecule has 4 fully saturated rings. The Hall–Kier alpha value is -7.90. The fraction of sp³-hybridized carbons (Fsp3) is 0.481. The zero-order valence-corrected chi connectivity index (χ0v) is 66.4. The number of aryl methyl sites for hydroxylation is 1. The number of piperazine rings is 2. The SMILES string of the molecule is Cc1ncsc1-c1ccc([C@H](C)NC(=O)[C@@H]2CCCN2C(=O)C(NC(=O)CCCC(=O)N2CCN(C(=O)C3(C)CCC(c4ccc(Cl)cc4)=C(CN4CCN(c5ccc(C(=O)NS(=O)(=O)c6ccc(N[C@H](CCN7CCOCC7)CSc7ccccc7)c(S(=O)(=O)C(F)(F)F)c6)cc5)CC4)C3)CC2)C(C)(C)C)cc1. The van der Waals surface area contributed by atoms with E-state index < -0.39 is 75.7 Å². The van der Waals surface area contributed by atoms with Crippen LogP contribution in [0.4, 0.5) is 24.5 Å². The molecule has 30 heteroatoms. The highest BCUT2D eigenvalue weighted by molar-refractivity contribution is 7.99. The van der Waals surface area contributed by atoms with Crippen molar-refractivity contribution < 1.29 is 63.5 Å². The third-order valence-electron chi connectivity index (χ3n) is 21.2. The van der Waals surface area contributed by atoms with E-state index in [9.17, 15) is 58.8 Å². The number of hydrogen-bond donors (Lipinski definition) is 4. The number of sulfonamides is 1. The first-order chi connectivity index (χ1) is 51.8. The standard InChI is InChI=1S/C79H97ClF3N11O11S4/c1-53(55-17-19-57(20-18-55)71-54(2)84-52-107-71)85-74(98)67-14-11-34-94(67)75(99)72(77(3,4)5)87-69(95)15-10-16-70(96)92-40-42-93(43-41-92)76(100)78(6)33-31-65(56-21-25-60(80)26-22-56)59(49-78)50-90-36-38-91(39-37-90)62-27-23-58(24-28-62)73(97)88-109(103,104)64-29-30-66(68(48-64)108(101,102)79(81,82)83)86-61(32-35-89-44-46-105-47-45-89)51-106-63-12-8-7-9-13-63/h7-9,12-13,17-30,48,52-53,61,67,72,86H,10-11,14-16,31-47,49-51H2,1-6H3,(H,85,98)(H,87,95)(H,88,97)/t53-,61+,67-,72?,78?/m0/s1. The molecule has 5 aliphatic rings. The van der Waals surface area contributed by atoms with Crippen LogP contribution in [0.1, 0.15) is 126 Å². The molecule has 5 aromatic carbocycles. The van der Waals surface area contributed by atoms with E-state index >= 15 is 0 Å². The summed E-state index contributed by atoms with van der Waals surface area (Å²) in [5.41, 5.74) is 1.10. The molecule has 586 valence electrons. The maximum atomic E-state index is 14.8. The van der Waals surface area contributed by atoms with Gasteiger partial charge < -0.3 is 40.3 Å². The van der Waals surface area contributed by atoms with Gasteiger partial charge in [0.25, 0.3) is 25.8 Å². The first-order valence-electron chi connectivity index (χ1n) is 37.1. The minimum Gasteiger partial charge on any atom is -0.380 e. The van der Waals surface area contributed by atoms with E-state index in [4.69, 9.17) is 16.3 Å². The van der Waals surface area contributed by atoms with Crippen LogP contribution in [-0.4, -0.2) is 209 Å². The van der Waals surface area contributed by atoms with Crippen molar-refractivity contribution in [1.29, 1.82) is 0 Å². The van der Waals surface area contributed by atoms with Crippen molar-refractivity contribution in [3.05, 3.63) is 160 Å². The second kappa shape index (κ2) is 35.6. The van der Waals surface area contributed by atoms with E-state index in [0.29, 0.717) is 154 Å². The summed E-state index contributed by atoms with van der Waals surface area (Å²) in [6.45, 7) is 19.2. The normalized spacial score (nSPS) is 19.4. The molecule has 0 saturated carbocycles. The Bertz CT molecular complexity index is 4490. The number of likely N-dealkylation sites (tertiary alicyclic amines) is 1. The predicted molar refractivity (Wildman–Crippen MR) is 418 cm³/mol. The predicted octanol–water partition coefficient (Wildman–Crippen LogP) is 11.5. The summed E-state index contributed by atoms with van der Waals surface area (Å²) in [5.74, 6) is -1.79. The zero-order valence-electron chi connectivity index (χ0n) is 62.4. The summed E-state index contributed by atoms with van der Waals surface area (Å²) < 4.78 is 105. The number of ether oxygens (including phenoxy) is 1. The van der Waals surface area contributed by atoms with Gasteiger partial charge in [0.2, 0.25) is 29.5 Å². The molecule has 6 amide bonds. The number of morpholine rings is 1. The van der Waals surface area contributed by atoms with E-state index in [1.807, 2.05) is 136 Å². The molecule has 2 unspecified atom stereocenters. The van der Waals surface area contributed by atoms with Gasteiger partial charge in [0.15, 0.2) is 0 Å². The van der Waals surface area contributed by atoms with Crippen molar-refractivity contribution >= 4 is 107 Å². The Morgan fingerprint density at radius 1 is 0.771 bits per heavy atom. The molecule has 4 aliphatic heterocycles. The molecule has 4 saturated heterocycles. The molecule has 4 N–H and O–H groups in total. The molecular weight excluding hydrogens is 1500 g/mol. The van der Waals surface area contributed by atoms with Gasteiger partial charge in [0.05, 0.1) is 51.3 Å². The lowest BCUT2D eigenvalue weighted by molar-refractivity contribution is -0.147. The van der Waals surface area contributed by atoms with Gasteiger partial charge in [0, 0.05) is 131 Å². The largest absolute Gasteiger partial charge is 0.501 e. The van der Waals surface area contributed by atoms with Gasteiger partial charge in [-0.25, -0.2) is 26.5 Å². The van der Waals surface area contributed by atoms with Gasteiger partial charge in [-0.3, -0.25) is 38.6 Å². The summed E-state index contributed by atoms with van der Waals surface area (Å²) in [6, 6.07) is 31.2. The number of thiazole rings is 1. The number of carbonyl (C=O) groups excluding carboxylic acids is 6. The van der Waals surface area contributed by atoms with E-state index in [0.717, 1.165) is 61.1 Å². The van der Waals surface area contributed by atoms with Crippen LogP contribution in [0.2, 0.25) is 5.02 Å². The maximum absolute atomic E-state index is 14.8. The number of alkyl halides is 3. The first-order valence-corrected chi connectivity index (χ1v) is 42.3. The van der Waals surface area contributed by atoms with Gasteiger partial charge in [-0.05, 0) is 153 Å². The Balaban J connectivity index is 0.653. The van der Waals surface area contributed by atoms with Gasteiger partial charge in [0.1, 0.15) is 17.0 Å². The average molecular weight is 1600 g/mol. The van der Waals surface area contributed by atoms with Crippen molar-refractivity contribution in [3.63, 3.8) is 0 Å². The highest BCUT2D eigenvalue weighted by Gasteiger charge is 2.49. The van der Waals surface area contributed by atoms with Crippen LogP contribution >= 0.6 is 34.7 Å². The van der Waals surface area contributed by atoms with E-state index in [1.54, 1.807) is 33.3 Å². The van der Waals surface area contributed by atoms with Gasteiger partial charge in [-0.2, -0.15) is 13.2 Å². The Morgan fingerprint density at radius 3 is 2.09 bits per heavy atom. The number of carbonyl (C=O) groups is 6. The molecule has 11 rings (SSSR count). The summed E-state index contributed by atoms with van der Waals surface area (Å²) >= 11 is 9.38. The van der Waals surface area contributed by atoms with Crippen molar-refractivity contribution in [1.82, 2.24) is 44.8 Å². The fourth-order valence-electron chi connectivity index (χ4n) is 14.8. The number of nitrogens with one attached hydrogen (secondary N) is 4. The second-order valence-electron chi connectivity index (χ2n) is 30.1. The number of sulfone groups is 1. The lowest BCUT2D eigenvalue weighted by Gasteiger charge is -2.43. The average Bonchev–Trinajstić information content (AvgIpc) is 1.48. The van der Waals surface area contributed by atoms with E-state index in [2.05, 4.69) is 35.6 Å². The van der Waals surface area contributed by atoms with Gasteiger partial charge in [-0.15, -0.1) is 23.1 Å². The Morgan fingerprint density at radius 2 is 1.44 bits per heavy atom. The number of benzene rings is 5. The van der Waals surface area contributed by atoms with Gasteiger partial charge >= 0.3 is 5.51 Å². The summed E-state index contributed by atoms with van der Waals surface area (Å²) in [6.07, 6.45) is 3.68. The molecule has 5 heterocycles. The Labute approximate surface area is 650 Å². The number of nitrogens with zero attached hydrogens (tertiary/aromatic N) is 7. The summed E-state index contributed by atoms with van der Waals surface area (Å²) in [4.78, 5) is 99.9. The molecule has 1 aliphatic carbocycles. The topological polar surface area (TPSA) is 260 Å². The number of amides is 6. The number of aromatic nitrogens is 1. The minimum atomic E-state index is -6.12. The number of allylic oxidation sites excluding steroid dienone is 1. The van der Waals surface area contributed by atoms with E-state index in [1.165, 1.54) is 23.9 Å². The number of rotatable bonds is 27. The molecule has 22 nitrogen and oxygen atoms in total. The van der Waals surface area contributed by atoms with Crippen LogP contribution < -0.4 is 25.6 Å². The van der Waals surface area contributed by atoms with Crippen molar-refractivity contribution in [3.8, 4) is 10.4 Å². The highest BCUT2D eigenvalue weighted by atomic mass is 35.5. The summed E-state index contributed by atoms with van der Waals surface area (Å²) in [7, 11) is -11.1. The quantitative estimate of drug-likeness (QED) is 0.0349. The molecule has 0 spiro atoms. The lowest BCUT2D eigenvalue weighted by Crippen LogP contribution is -2.57. The fourth-order valence-corrected chi connectivity index (χ4v) is 18.8. The van der Waals surface area contributed by atoms with Crippen LogP contribution in [0.15, 0.2) is 147 Å². The van der Waals surface area contributed by atoms with Gasteiger partial charge in [-0.1, -0.05) is 99.5 Å². The highest BCUT2D eigenvalue weighted by Crippen LogP contribution is 2.45. The molecule has 5 atom stereocenters. The molecule has 0 radical (unpaired) electrons. The second-order valence-corrected chi connectivity index (χ2v) is 36.1. The third kappa shape index (κ3) is 20.6. The molecule has 6 aromatic rings. The maximum Gasteiger partial charge on any atom is 0.501 e. The monoisotopic (exact) mass is 1600 g/mol. The molecular formula is C79H97ClF3N11O11S4. The van der Waals surface area contributed by atoms with Crippen molar-refractivity contribution in [2.24, 2.45) is 10.8 Å². The summed E-state index contributed by atoms with van der Waals surface area (Å²) in [5, 5.41) is 9.68. The van der Waals surface area contributed by atoms with Crippen LogP contribution in [0.5, 0.6) is 0 Å². The lowest BCUT2D eigenvalue weighted by atomic mass is 9.70. The van der Waals surface area contributed by atoms with Crippen molar-refractivity contribution in [2.75, 3.05) is 114 Å². The van der Waals surface area contributed by atoms with Crippen LogP contribution in [0.25, 0.3) is 16.0 Å². The van der Waals surface area contributed by atoms with E-state index in [-0.39, 0.29) is 60.4 Å². The first kappa shape index (κ1) is 82.1. The zero-order chi connectivity index (χ0) is 78.0. The number of hydrogen-bond acceptors (Lipinski definition) is 18. The minimum absolute atomic E-state index is 0.0145. The number of halogens is 4. The van der Waals surface area contributed by atoms with Crippen LogP contribution in [0.3, 0.4) is 0 Å².